The number of halogens is 2. The van der Waals surface area contributed by atoms with Crippen LogP contribution in [0.4, 0.5) is 0 Å². The molecule has 0 aliphatic heterocycles. The first-order chi connectivity index (χ1) is 3.31. The third kappa shape index (κ3) is 12.3. The molecule has 0 saturated heterocycles. The molecule has 0 aliphatic rings. The van der Waals surface area contributed by atoms with Crippen LogP contribution in [0.3, 0.4) is 0 Å². The molecule has 1 atom stereocenters. The van der Waals surface area contributed by atoms with Gasteiger partial charge in [-0.1, -0.05) is 0 Å². The summed E-state index contributed by atoms with van der Waals surface area (Å²) < 4.78 is 0. The van der Waals surface area contributed by atoms with E-state index in [0.717, 1.165) is 5.92 Å². The average molecular weight is 183 g/mol. The zero-order valence-electron chi connectivity index (χ0n) is 6.03. The molecular formula is C6H13AlCl2. The van der Waals surface area contributed by atoms with Crippen LogP contribution in [0.5, 0.6) is 0 Å². The Labute approximate surface area is 79.0 Å². The van der Waals surface area contributed by atoms with Crippen molar-refractivity contribution >= 4 is 16.3 Å². The van der Waals surface area contributed by atoms with E-state index in [1.807, 2.05) is 0 Å². The van der Waals surface area contributed by atoms with E-state index >= 15 is 0 Å². The Morgan fingerprint density at radius 1 is 1.33 bits per heavy atom. The molecule has 0 N–H and O–H groups in total. The quantitative estimate of drug-likeness (QED) is 0.391. The van der Waals surface area contributed by atoms with Crippen molar-refractivity contribution in [3.63, 3.8) is 0 Å². The maximum absolute atomic E-state index is 2.75. The Bertz CT molecular complexity index is 42.0. The van der Waals surface area contributed by atoms with Gasteiger partial charge in [-0.05, 0) is 0 Å². The van der Waals surface area contributed by atoms with Crippen LogP contribution in [0, 0.1) is 5.92 Å². The van der Waals surface area contributed by atoms with Gasteiger partial charge < -0.3 is 24.8 Å². The van der Waals surface area contributed by atoms with Gasteiger partial charge in [-0.25, -0.2) is 0 Å². The van der Waals surface area contributed by atoms with Gasteiger partial charge in [-0.3, -0.25) is 0 Å². The van der Waals surface area contributed by atoms with E-state index in [2.05, 4.69) is 30.1 Å². The molecule has 0 rings (SSSR count). The second-order valence-corrected chi connectivity index (χ2v) is 2.67. The number of rotatable bonds is 3. The summed E-state index contributed by atoms with van der Waals surface area (Å²) in [5.74, 6) is 0.928. The van der Waals surface area contributed by atoms with Gasteiger partial charge in [-0.2, -0.15) is 0 Å². The van der Waals surface area contributed by atoms with Gasteiger partial charge in [0.1, 0.15) is 0 Å². The fourth-order valence-corrected chi connectivity index (χ4v) is 1.06. The molecule has 0 nitrogen and oxygen atoms in total. The molecule has 0 radical (unpaired) electrons. The molecular weight excluding hydrogens is 170 g/mol. The molecule has 0 bridgehead atoms. The maximum Gasteiger partial charge on any atom is -1.00 e. The summed E-state index contributed by atoms with van der Waals surface area (Å²) in [6.45, 7) is 4.54. The largest absolute Gasteiger partial charge is 1.00 e. The Hall–Kier alpha value is 1.11. The Kier molecular flexibility index (Phi) is 21.9. The summed E-state index contributed by atoms with van der Waals surface area (Å²) in [6.07, 6.45) is 2.69. The molecule has 0 aromatic rings. The van der Waals surface area contributed by atoms with Crippen LogP contribution in [0.15, 0.2) is 0 Å². The third-order valence-corrected chi connectivity index (χ3v) is 1.69. The number of hydrogen-bond acceptors (Lipinski definition) is 0. The van der Waals surface area contributed by atoms with Crippen molar-refractivity contribution in [3.05, 3.63) is 0 Å². The van der Waals surface area contributed by atoms with E-state index < -0.39 is 0 Å². The van der Waals surface area contributed by atoms with E-state index in [9.17, 15) is 0 Å². The summed E-state index contributed by atoms with van der Waals surface area (Å²) in [7, 11) is 0. The fraction of sp³-hybridized carbons (Fsp3) is 1.00. The minimum absolute atomic E-state index is 0. The molecule has 1 unspecified atom stereocenters. The van der Waals surface area contributed by atoms with Crippen LogP contribution in [-0.2, 0) is 0 Å². The van der Waals surface area contributed by atoms with Gasteiger partial charge in [0.05, 0.1) is 0 Å². The molecule has 3 heteroatoms. The summed E-state index contributed by atoms with van der Waals surface area (Å²) in [5.41, 5.74) is 0. The zero-order chi connectivity index (χ0) is 5.70. The van der Waals surface area contributed by atoms with Crippen LogP contribution >= 0.6 is 0 Å². The van der Waals surface area contributed by atoms with Crippen molar-refractivity contribution in [2.75, 3.05) is 0 Å². The van der Waals surface area contributed by atoms with E-state index in [0.29, 0.717) is 0 Å². The van der Waals surface area contributed by atoms with E-state index in [1.54, 1.807) is 0 Å². The van der Waals surface area contributed by atoms with Crippen molar-refractivity contribution in [3.8, 4) is 0 Å². The van der Waals surface area contributed by atoms with Crippen molar-refractivity contribution in [2.45, 2.75) is 32.0 Å². The molecule has 0 saturated carbocycles. The summed E-state index contributed by atoms with van der Waals surface area (Å²) in [4.78, 5) is 0. The van der Waals surface area contributed by atoms with Crippen LogP contribution in [0.1, 0.15) is 26.7 Å². The van der Waals surface area contributed by atoms with Crippen molar-refractivity contribution < 1.29 is 24.8 Å². The second-order valence-electron chi connectivity index (χ2n) is 2.09. The predicted octanol–water partition coefficient (Wildman–Crippen LogP) is -3.98. The smallest absolute Gasteiger partial charge is 1.00 e. The molecule has 0 aromatic heterocycles. The first-order valence-corrected chi connectivity index (χ1v) is 3.83. The summed E-state index contributed by atoms with van der Waals surface area (Å²) >= 11 is 2.75. The minimum Gasteiger partial charge on any atom is -1.00 e. The van der Waals surface area contributed by atoms with Crippen molar-refractivity contribution in [1.82, 2.24) is 0 Å². The van der Waals surface area contributed by atoms with Gasteiger partial charge in [-0.15, -0.1) is 0 Å². The van der Waals surface area contributed by atoms with Crippen LogP contribution in [-0.4, -0.2) is 16.3 Å². The topological polar surface area (TPSA) is 0 Å². The molecule has 54 valence electrons. The molecule has 0 fully saturated rings. The first-order valence-electron chi connectivity index (χ1n) is 3.01. The molecule has 9 heavy (non-hydrogen) atoms. The van der Waals surface area contributed by atoms with Crippen molar-refractivity contribution in [2.24, 2.45) is 5.92 Å². The van der Waals surface area contributed by atoms with Crippen LogP contribution < -0.4 is 24.8 Å². The Balaban J connectivity index is -0.000000180. The van der Waals surface area contributed by atoms with E-state index in [1.165, 1.54) is 18.1 Å². The zero-order valence-corrected chi connectivity index (χ0v) is 8.70. The van der Waals surface area contributed by atoms with Crippen molar-refractivity contribution in [1.29, 1.82) is 0 Å². The molecule has 0 spiro atoms. The predicted molar refractivity (Wildman–Crippen MR) is 34.6 cm³/mol. The molecule has 0 aromatic carbocycles. The van der Waals surface area contributed by atoms with E-state index in [4.69, 9.17) is 0 Å². The van der Waals surface area contributed by atoms with Gasteiger partial charge in [0.25, 0.3) is 0 Å². The van der Waals surface area contributed by atoms with Gasteiger partial charge in [0, 0.05) is 0 Å². The van der Waals surface area contributed by atoms with Gasteiger partial charge >= 0.3 is 54.2 Å². The fourth-order valence-electron chi connectivity index (χ4n) is 0.489. The standard InChI is InChI=1S/C6H13.Al.2ClH/c1-4-6(3)5-2;;;/h6H,1,4-5H2,2-3H3;;2*1H/q;+2;;/p-2. The second kappa shape index (κ2) is 11.9. The Morgan fingerprint density at radius 2 is 1.78 bits per heavy atom. The van der Waals surface area contributed by atoms with Gasteiger partial charge in [0.15, 0.2) is 0 Å². The van der Waals surface area contributed by atoms with Crippen LogP contribution in [0.2, 0.25) is 5.28 Å². The van der Waals surface area contributed by atoms with E-state index in [-0.39, 0.29) is 24.8 Å². The first kappa shape index (κ1) is 16.6. The summed E-state index contributed by atoms with van der Waals surface area (Å²) in [6, 6.07) is 0. The van der Waals surface area contributed by atoms with Crippen LogP contribution in [0.25, 0.3) is 0 Å². The molecule has 0 heterocycles. The average Bonchev–Trinajstić information content (AvgIpc) is 1.68. The SMILES string of the molecule is CCC(C)C[CH2][Al+2].[Cl-].[Cl-]. The van der Waals surface area contributed by atoms with Gasteiger partial charge in [0.2, 0.25) is 0 Å². The monoisotopic (exact) mass is 182 g/mol. The summed E-state index contributed by atoms with van der Waals surface area (Å²) in [5, 5.41) is 1.26. The third-order valence-electron chi connectivity index (χ3n) is 1.36. The Morgan fingerprint density at radius 3 is 1.89 bits per heavy atom. The maximum atomic E-state index is 2.75. The minimum atomic E-state index is 0. The number of hydrogen-bond donors (Lipinski definition) is 0. The normalized spacial score (nSPS) is 11.1. The molecule has 0 aliphatic carbocycles. The molecule has 0 amide bonds.